The second-order valence-corrected chi connectivity index (χ2v) is 10.7. The molecule has 0 aliphatic heterocycles. The van der Waals surface area contributed by atoms with Gasteiger partial charge in [0.15, 0.2) is 11.6 Å². The number of nitrogens with zero attached hydrogens (tertiary/aromatic N) is 2. The molecule has 4 N–H and O–H groups in total. The van der Waals surface area contributed by atoms with Crippen LogP contribution in [0.15, 0.2) is 30.3 Å². The summed E-state index contributed by atoms with van der Waals surface area (Å²) >= 11 is 13.9. The summed E-state index contributed by atoms with van der Waals surface area (Å²) in [5, 5.41) is 9.81. The molecule has 1 heterocycles. The minimum absolute atomic E-state index is 0.0253. The lowest BCUT2D eigenvalue weighted by molar-refractivity contribution is 0.106. The summed E-state index contributed by atoms with van der Waals surface area (Å²) in [7, 11) is -4.72. The summed E-state index contributed by atoms with van der Waals surface area (Å²) < 4.78 is 41.1. The molecule has 14 heteroatoms. The fraction of sp³-hybridized carbons (Fsp3) is 0.333. The summed E-state index contributed by atoms with van der Waals surface area (Å²) in [6.07, 6.45) is -1.06. The average Bonchev–Trinajstić information content (AvgIpc) is 3.23. The summed E-state index contributed by atoms with van der Waals surface area (Å²) in [4.78, 5) is 17.7. The van der Waals surface area contributed by atoms with Crippen LogP contribution in [0.5, 0.6) is 11.5 Å². The van der Waals surface area contributed by atoms with Crippen LogP contribution in [-0.4, -0.2) is 44.8 Å². The Hall–Kier alpha value is -1.82. The van der Waals surface area contributed by atoms with E-state index in [9.17, 15) is 8.96 Å². The fourth-order valence-corrected chi connectivity index (χ4v) is 4.84. The van der Waals surface area contributed by atoms with Gasteiger partial charge in [0.25, 0.3) is 0 Å². The van der Waals surface area contributed by atoms with E-state index in [0.717, 1.165) is 6.07 Å². The van der Waals surface area contributed by atoms with E-state index in [0.29, 0.717) is 31.9 Å². The first-order valence-corrected chi connectivity index (χ1v) is 13.4. The minimum atomic E-state index is -4.72. The standard InChI is InChI=1S/C21H23Cl2FN3O6PS/c1-10(2)32-18-5-4-12(6-15(18)23)20-26-27-21(35-20)13-7-16(24)19(8-14(13)22)31-9-17(25)11(3)33-34(28,29)30/h4-8,10-11,17H,9,25H2,1-3H3,(H2,28,29,30)/t11-,17+/m1/s1. The summed E-state index contributed by atoms with van der Waals surface area (Å²) in [6, 6.07) is 6.75. The molecule has 9 nitrogen and oxygen atoms in total. The third kappa shape index (κ3) is 7.58. The Labute approximate surface area is 215 Å². The maximum absolute atomic E-state index is 14.7. The molecule has 0 saturated heterocycles. The van der Waals surface area contributed by atoms with Crippen LogP contribution in [0.2, 0.25) is 10.0 Å². The number of nitrogens with two attached hydrogens (primary N) is 1. The normalized spacial score (nSPS) is 13.7. The molecule has 190 valence electrons. The highest BCUT2D eigenvalue weighted by Crippen LogP contribution is 2.39. The lowest BCUT2D eigenvalue weighted by atomic mass is 10.2. The molecule has 0 bridgehead atoms. The van der Waals surface area contributed by atoms with E-state index in [1.165, 1.54) is 24.3 Å². The van der Waals surface area contributed by atoms with Crippen molar-refractivity contribution in [2.24, 2.45) is 5.73 Å². The second kappa shape index (κ2) is 11.5. The number of hydrogen-bond acceptors (Lipinski definition) is 8. The molecule has 0 aliphatic carbocycles. The van der Waals surface area contributed by atoms with Crippen molar-refractivity contribution < 1.29 is 32.7 Å². The SMILES string of the molecule is CC(C)Oc1ccc(-c2nnc(-c3cc(F)c(OC[C@H](N)[C@@H](C)OP(=O)(O)O)cc3Cl)s2)cc1Cl. The number of benzene rings is 2. The zero-order chi connectivity index (χ0) is 25.9. The van der Waals surface area contributed by atoms with Crippen molar-refractivity contribution >= 4 is 42.4 Å². The number of hydrogen-bond donors (Lipinski definition) is 3. The molecule has 1 aromatic heterocycles. The van der Waals surface area contributed by atoms with Gasteiger partial charge in [0, 0.05) is 17.2 Å². The molecule has 2 aromatic carbocycles. The van der Waals surface area contributed by atoms with Gasteiger partial charge in [0.05, 0.1) is 28.3 Å². The predicted molar refractivity (Wildman–Crippen MR) is 133 cm³/mol. The molecule has 0 saturated carbocycles. The van der Waals surface area contributed by atoms with Crippen LogP contribution >= 0.6 is 42.4 Å². The lowest BCUT2D eigenvalue weighted by Crippen LogP contribution is -2.39. The quantitative estimate of drug-likeness (QED) is 0.279. The maximum atomic E-state index is 14.7. The molecular weight excluding hydrogens is 543 g/mol. The van der Waals surface area contributed by atoms with Gasteiger partial charge >= 0.3 is 7.82 Å². The molecule has 0 amide bonds. The zero-order valence-electron chi connectivity index (χ0n) is 18.8. The Morgan fingerprint density at radius 1 is 1.09 bits per heavy atom. The molecule has 2 atom stereocenters. The summed E-state index contributed by atoms with van der Waals surface area (Å²) in [6.45, 7) is 4.89. The fourth-order valence-electron chi connectivity index (χ4n) is 2.85. The topological polar surface area (TPSA) is 137 Å². The largest absolute Gasteiger partial charge is 0.489 e. The molecule has 0 fully saturated rings. The van der Waals surface area contributed by atoms with Gasteiger partial charge in [0.1, 0.15) is 22.4 Å². The Morgan fingerprint density at radius 3 is 2.40 bits per heavy atom. The van der Waals surface area contributed by atoms with Crippen molar-refractivity contribution in [1.29, 1.82) is 0 Å². The van der Waals surface area contributed by atoms with Crippen molar-refractivity contribution in [1.82, 2.24) is 10.2 Å². The highest BCUT2D eigenvalue weighted by atomic mass is 35.5. The van der Waals surface area contributed by atoms with Gasteiger partial charge in [-0.3, -0.25) is 4.52 Å². The van der Waals surface area contributed by atoms with Gasteiger partial charge in [-0.1, -0.05) is 34.5 Å². The highest BCUT2D eigenvalue weighted by molar-refractivity contribution is 7.46. The molecule has 3 rings (SSSR count). The summed E-state index contributed by atoms with van der Waals surface area (Å²) in [5.41, 5.74) is 6.83. The van der Waals surface area contributed by atoms with Crippen LogP contribution in [0.1, 0.15) is 20.8 Å². The van der Waals surface area contributed by atoms with Crippen LogP contribution in [-0.2, 0) is 9.09 Å². The monoisotopic (exact) mass is 565 g/mol. The third-order valence-electron chi connectivity index (χ3n) is 4.56. The van der Waals surface area contributed by atoms with Crippen LogP contribution in [0.3, 0.4) is 0 Å². The van der Waals surface area contributed by atoms with E-state index in [4.69, 9.17) is 48.2 Å². The number of halogens is 3. The van der Waals surface area contributed by atoms with Crippen LogP contribution in [0.25, 0.3) is 21.1 Å². The number of phosphoric ester groups is 1. The summed E-state index contributed by atoms with van der Waals surface area (Å²) in [5.74, 6) is -0.358. The Bertz CT molecular complexity index is 1240. The first-order valence-electron chi connectivity index (χ1n) is 10.3. The number of phosphoric acid groups is 1. The number of aromatic nitrogens is 2. The van der Waals surface area contributed by atoms with Crippen molar-refractivity contribution in [3.63, 3.8) is 0 Å². The second-order valence-electron chi connectivity index (χ2n) is 7.76. The van der Waals surface area contributed by atoms with Gasteiger partial charge < -0.3 is 25.0 Å². The van der Waals surface area contributed by atoms with Gasteiger partial charge in [0.2, 0.25) is 0 Å². The number of ether oxygens (including phenoxy) is 2. The zero-order valence-corrected chi connectivity index (χ0v) is 22.0. The smallest absolute Gasteiger partial charge is 0.469 e. The van der Waals surface area contributed by atoms with Crippen molar-refractivity contribution in [3.8, 4) is 32.6 Å². The highest BCUT2D eigenvalue weighted by Gasteiger charge is 2.25. The minimum Gasteiger partial charge on any atom is -0.489 e. The molecule has 0 spiro atoms. The first-order chi connectivity index (χ1) is 16.3. The molecule has 3 aromatic rings. The van der Waals surface area contributed by atoms with Gasteiger partial charge in [-0.05, 0) is 45.0 Å². The van der Waals surface area contributed by atoms with E-state index >= 15 is 0 Å². The molecular formula is C21H23Cl2FN3O6PS. The van der Waals surface area contributed by atoms with Gasteiger partial charge in [-0.15, -0.1) is 10.2 Å². The molecule has 35 heavy (non-hydrogen) atoms. The van der Waals surface area contributed by atoms with Gasteiger partial charge in [-0.2, -0.15) is 0 Å². The van der Waals surface area contributed by atoms with Gasteiger partial charge in [-0.25, -0.2) is 8.96 Å². The van der Waals surface area contributed by atoms with Crippen molar-refractivity contribution in [2.45, 2.75) is 39.0 Å². The Balaban J connectivity index is 1.75. The number of rotatable bonds is 10. The van der Waals surface area contributed by atoms with Crippen LogP contribution < -0.4 is 15.2 Å². The maximum Gasteiger partial charge on any atom is 0.469 e. The first kappa shape index (κ1) is 27.8. The lowest BCUT2D eigenvalue weighted by Gasteiger charge is -2.21. The van der Waals surface area contributed by atoms with E-state index in [-0.39, 0.29) is 23.5 Å². The van der Waals surface area contributed by atoms with E-state index in [2.05, 4.69) is 14.7 Å². The average molecular weight is 566 g/mol. The molecule has 0 aliphatic rings. The van der Waals surface area contributed by atoms with E-state index < -0.39 is 25.8 Å². The van der Waals surface area contributed by atoms with E-state index in [1.54, 1.807) is 18.2 Å². The third-order valence-corrected chi connectivity index (χ3v) is 6.78. The van der Waals surface area contributed by atoms with Crippen LogP contribution in [0, 0.1) is 5.82 Å². The molecule has 0 radical (unpaired) electrons. The van der Waals surface area contributed by atoms with E-state index in [1.807, 2.05) is 13.8 Å². The Morgan fingerprint density at radius 2 is 1.77 bits per heavy atom. The van der Waals surface area contributed by atoms with Crippen molar-refractivity contribution in [2.75, 3.05) is 6.61 Å². The van der Waals surface area contributed by atoms with Crippen molar-refractivity contribution in [3.05, 3.63) is 46.2 Å². The van der Waals surface area contributed by atoms with Crippen LogP contribution in [0.4, 0.5) is 4.39 Å². The molecule has 0 unspecified atom stereocenters. The Kier molecular flexibility index (Phi) is 9.11. The predicted octanol–water partition coefficient (Wildman–Crippen LogP) is 5.31.